The lowest BCUT2D eigenvalue weighted by atomic mass is 10.1. The molecule has 0 radical (unpaired) electrons. The van der Waals surface area contributed by atoms with E-state index < -0.39 is 47.8 Å². The molecule has 0 saturated carbocycles. The molecule has 2 aliphatic rings. The molecule has 4 unspecified atom stereocenters. The number of H-pyrrole nitrogens is 1. The summed E-state index contributed by atoms with van der Waals surface area (Å²) in [6.45, 7) is 0.311. The van der Waals surface area contributed by atoms with Crippen LogP contribution >= 0.6 is 23.2 Å². The number of carbonyl (C=O) groups excluding carboxylic acids is 4. The standard InChI is InChI=1S/C33H33Cl2N7O7/c34-22-6-7-25(26(35)12-22)33(18-41-11-10-36-20-41)48-17-24(49-33)15-38-30(44)27(13-23-14-37-19-39-23)40-31(45)28-8-9-29(43)42(28)32(46)47-16-21-4-2-1-3-5-21/h1-7,10-12,14,19-20,24,27-28H,8-9,13,15-18H2,(H,37,39)(H,38,44)(H,40,45). The zero-order valence-electron chi connectivity index (χ0n) is 26.1. The molecule has 49 heavy (non-hydrogen) atoms. The smallest absolute Gasteiger partial charge is 0.417 e. The fourth-order valence-corrected chi connectivity index (χ4v) is 6.33. The lowest BCUT2D eigenvalue weighted by molar-refractivity contribution is -0.186. The molecule has 6 rings (SSSR count). The minimum Gasteiger partial charge on any atom is -0.444 e. The first-order valence-electron chi connectivity index (χ1n) is 15.5. The van der Waals surface area contributed by atoms with E-state index >= 15 is 0 Å². The van der Waals surface area contributed by atoms with Crippen LogP contribution < -0.4 is 10.6 Å². The number of likely N-dealkylation sites (tertiary alicyclic amines) is 1. The average molecular weight is 711 g/mol. The molecular formula is C33H33Cl2N7O7. The fourth-order valence-electron chi connectivity index (χ4n) is 5.77. The average Bonchev–Trinajstić information content (AvgIpc) is 3.92. The lowest BCUT2D eigenvalue weighted by Gasteiger charge is -2.30. The van der Waals surface area contributed by atoms with E-state index in [1.165, 1.54) is 12.5 Å². The number of hydrogen-bond acceptors (Lipinski definition) is 9. The quantitative estimate of drug-likeness (QED) is 0.200. The Balaban J connectivity index is 1.12. The Morgan fingerprint density at radius 1 is 1.14 bits per heavy atom. The van der Waals surface area contributed by atoms with Gasteiger partial charge >= 0.3 is 6.09 Å². The number of carbonyl (C=O) groups is 4. The summed E-state index contributed by atoms with van der Waals surface area (Å²) in [5, 5.41) is 6.37. The summed E-state index contributed by atoms with van der Waals surface area (Å²) in [5.41, 5.74) is 1.87. The predicted molar refractivity (Wildman–Crippen MR) is 175 cm³/mol. The molecule has 0 aliphatic carbocycles. The number of benzene rings is 2. The zero-order chi connectivity index (χ0) is 34.4. The number of halogens is 2. The lowest BCUT2D eigenvalue weighted by Crippen LogP contribution is -2.55. The number of aromatic nitrogens is 4. The van der Waals surface area contributed by atoms with Gasteiger partial charge in [-0.15, -0.1) is 0 Å². The zero-order valence-corrected chi connectivity index (χ0v) is 27.6. The van der Waals surface area contributed by atoms with E-state index in [0.29, 0.717) is 21.3 Å². The highest BCUT2D eigenvalue weighted by Gasteiger charge is 2.46. The maximum absolute atomic E-state index is 13.6. The maximum atomic E-state index is 13.6. The van der Waals surface area contributed by atoms with Gasteiger partial charge in [0.05, 0.1) is 30.8 Å². The van der Waals surface area contributed by atoms with Crippen molar-refractivity contribution < 1.29 is 33.4 Å². The van der Waals surface area contributed by atoms with Gasteiger partial charge in [-0.1, -0.05) is 59.6 Å². The van der Waals surface area contributed by atoms with E-state index in [2.05, 4.69) is 25.6 Å². The number of imidazole rings is 2. The highest BCUT2D eigenvalue weighted by molar-refractivity contribution is 6.35. The summed E-state index contributed by atoms with van der Waals surface area (Å²) in [6.07, 6.45) is 6.61. The summed E-state index contributed by atoms with van der Waals surface area (Å²) in [4.78, 5) is 64.6. The first-order valence-corrected chi connectivity index (χ1v) is 16.3. The van der Waals surface area contributed by atoms with Crippen LogP contribution in [0.3, 0.4) is 0 Å². The molecule has 2 saturated heterocycles. The topological polar surface area (TPSA) is 170 Å². The van der Waals surface area contributed by atoms with Crippen LogP contribution in [0.4, 0.5) is 4.79 Å². The normalized spacial score (nSPS) is 21.0. The molecule has 0 bridgehead atoms. The number of nitrogens with zero attached hydrogens (tertiary/aromatic N) is 4. The highest BCUT2D eigenvalue weighted by atomic mass is 35.5. The predicted octanol–water partition coefficient (Wildman–Crippen LogP) is 3.35. The van der Waals surface area contributed by atoms with Crippen LogP contribution in [-0.4, -0.2) is 79.6 Å². The molecular weight excluding hydrogens is 677 g/mol. The molecule has 4 amide bonds. The maximum Gasteiger partial charge on any atom is 0.417 e. The number of rotatable bonds is 12. The Kier molecular flexibility index (Phi) is 10.6. The number of hydrogen-bond donors (Lipinski definition) is 3. The summed E-state index contributed by atoms with van der Waals surface area (Å²) >= 11 is 12.7. The third-order valence-corrected chi connectivity index (χ3v) is 8.73. The van der Waals surface area contributed by atoms with E-state index in [1.54, 1.807) is 65.8 Å². The van der Waals surface area contributed by atoms with Gasteiger partial charge in [-0.25, -0.2) is 19.7 Å². The second-order valence-electron chi connectivity index (χ2n) is 11.6. The number of aromatic amines is 1. The first-order chi connectivity index (χ1) is 23.7. The van der Waals surface area contributed by atoms with Gasteiger partial charge in [-0.3, -0.25) is 14.4 Å². The van der Waals surface area contributed by atoms with Gasteiger partial charge in [0.2, 0.25) is 23.5 Å². The van der Waals surface area contributed by atoms with Crippen molar-refractivity contribution in [3.8, 4) is 0 Å². The Morgan fingerprint density at radius 2 is 1.98 bits per heavy atom. The molecule has 0 spiro atoms. The van der Waals surface area contributed by atoms with Crippen LogP contribution in [-0.2, 0) is 54.0 Å². The Hall–Kier alpha value is -4.76. The van der Waals surface area contributed by atoms with E-state index in [4.69, 9.17) is 37.4 Å². The fraction of sp³-hybridized carbons (Fsp3) is 0.333. The van der Waals surface area contributed by atoms with Crippen LogP contribution in [0, 0.1) is 0 Å². The number of ether oxygens (including phenoxy) is 3. The van der Waals surface area contributed by atoms with Crippen LogP contribution in [0.25, 0.3) is 0 Å². The molecule has 2 aromatic carbocycles. The van der Waals surface area contributed by atoms with Crippen LogP contribution in [0.2, 0.25) is 10.0 Å². The molecule has 2 aromatic heterocycles. The number of amides is 4. The molecule has 3 N–H and O–H groups in total. The van der Waals surface area contributed by atoms with Crippen molar-refractivity contribution in [2.24, 2.45) is 0 Å². The van der Waals surface area contributed by atoms with E-state index in [1.807, 2.05) is 6.07 Å². The minimum atomic E-state index is -1.30. The van der Waals surface area contributed by atoms with Crippen LogP contribution in [0.1, 0.15) is 29.7 Å². The van der Waals surface area contributed by atoms with Gasteiger partial charge in [-0.2, -0.15) is 0 Å². The highest BCUT2D eigenvalue weighted by Crippen LogP contribution is 2.40. The van der Waals surface area contributed by atoms with Crippen molar-refractivity contribution in [1.29, 1.82) is 0 Å². The second-order valence-corrected chi connectivity index (χ2v) is 12.5. The molecule has 2 aliphatic heterocycles. The largest absolute Gasteiger partial charge is 0.444 e. The number of nitrogens with one attached hydrogen (secondary N) is 3. The Morgan fingerprint density at radius 3 is 2.71 bits per heavy atom. The molecule has 4 aromatic rings. The van der Waals surface area contributed by atoms with Gasteiger partial charge in [0.25, 0.3) is 0 Å². The molecule has 4 atom stereocenters. The molecule has 14 nitrogen and oxygen atoms in total. The van der Waals surface area contributed by atoms with Gasteiger partial charge in [0, 0.05) is 54.3 Å². The van der Waals surface area contributed by atoms with Crippen molar-refractivity contribution in [2.75, 3.05) is 13.2 Å². The third kappa shape index (κ3) is 8.11. The second kappa shape index (κ2) is 15.2. The Labute approximate surface area is 291 Å². The van der Waals surface area contributed by atoms with Crippen molar-refractivity contribution in [2.45, 2.75) is 56.4 Å². The van der Waals surface area contributed by atoms with Crippen molar-refractivity contribution >= 4 is 47.0 Å². The van der Waals surface area contributed by atoms with E-state index in [-0.39, 0.29) is 45.6 Å². The number of imide groups is 1. The van der Waals surface area contributed by atoms with Crippen LogP contribution in [0.15, 0.2) is 79.8 Å². The van der Waals surface area contributed by atoms with Gasteiger partial charge in [-0.05, 0) is 24.1 Å². The van der Waals surface area contributed by atoms with Crippen molar-refractivity contribution in [3.63, 3.8) is 0 Å². The third-order valence-electron chi connectivity index (χ3n) is 8.18. The van der Waals surface area contributed by atoms with Crippen LogP contribution in [0.5, 0.6) is 0 Å². The van der Waals surface area contributed by atoms with Gasteiger partial charge < -0.3 is 34.4 Å². The minimum absolute atomic E-state index is 0.0204. The molecule has 16 heteroatoms. The van der Waals surface area contributed by atoms with Gasteiger partial charge in [0.15, 0.2) is 0 Å². The van der Waals surface area contributed by atoms with E-state index in [0.717, 1.165) is 10.5 Å². The van der Waals surface area contributed by atoms with Gasteiger partial charge in [0.1, 0.15) is 24.8 Å². The molecule has 4 heterocycles. The molecule has 2 fully saturated rings. The Bertz CT molecular complexity index is 1770. The first kappa shape index (κ1) is 34.1. The molecule has 256 valence electrons. The van der Waals surface area contributed by atoms with Crippen molar-refractivity contribution in [3.05, 3.63) is 107 Å². The summed E-state index contributed by atoms with van der Waals surface area (Å²) in [7, 11) is 0. The monoisotopic (exact) mass is 709 g/mol. The summed E-state index contributed by atoms with van der Waals surface area (Å²) in [5.74, 6) is -3.02. The summed E-state index contributed by atoms with van der Waals surface area (Å²) in [6, 6.07) is 11.7. The van der Waals surface area contributed by atoms with E-state index in [9.17, 15) is 19.2 Å². The SMILES string of the molecule is O=C(NCC1COC(Cn2ccnc2)(c2ccc(Cl)cc2Cl)O1)C(Cc1cnc[nH]1)NC(=O)C1CCC(=O)N1C(=O)OCc1ccccc1. The van der Waals surface area contributed by atoms with Crippen molar-refractivity contribution in [1.82, 2.24) is 35.1 Å². The summed E-state index contributed by atoms with van der Waals surface area (Å²) < 4.78 is 19.8.